The maximum absolute atomic E-state index is 12.1. The van der Waals surface area contributed by atoms with Crippen molar-refractivity contribution >= 4 is 45.8 Å². The van der Waals surface area contributed by atoms with Crippen LogP contribution in [0.15, 0.2) is 18.2 Å². The number of aromatic amines is 1. The molecule has 0 radical (unpaired) electrons. The number of benzene rings is 1. The molecule has 0 aliphatic rings. The first kappa shape index (κ1) is 15.2. The molecule has 2 N–H and O–H groups in total. The van der Waals surface area contributed by atoms with Crippen molar-refractivity contribution < 1.29 is 4.79 Å². The second-order valence-electron chi connectivity index (χ2n) is 5.34. The van der Waals surface area contributed by atoms with Gasteiger partial charge in [0.05, 0.1) is 5.69 Å². The number of nitrogens with zero attached hydrogens (tertiary/aromatic N) is 2. The van der Waals surface area contributed by atoms with Gasteiger partial charge in [-0.1, -0.05) is 32.4 Å². The first-order valence-corrected chi connectivity index (χ1v) is 7.42. The van der Waals surface area contributed by atoms with Gasteiger partial charge in [0.2, 0.25) is 5.82 Å². The van der Waals surface area contributed by atoms with Gasteiger partial charge in [-0.15, -0.1) is 5.10 Å². The minimum absolute atomic E-state index is 0.126. The number of hydrogen-bond acceptors (Lipinski definition) is 3. The van der Waals surface area contributed by atoms with Crippen LogP contribution in [0, 0.1) is 3.57 Å². The Labute approximate surface area is 135 Å². The highest BCUT2D eigenvalue weighted by molar-refractivity contribution is 14.1. The zero-order valence-corrected chi connectivity index (χ0v) is 14.2. The lowest BCUT2D eigenvalue weighted by Crippen LogP contribution is -2.16. The van der Waals surface area contributed by atoms with E-state index in [1.165, 1.54) is 0 Å². The van der Waals surface area contributed by atoms with Crippen LogP contribution in [-0.2, 0) is 5.41 Å². The molecular weight excluding hydrogens is 391 g/mol. The fraction of sp³-hybridized carbons (Fsp3) is 0.308. The number of aromatic nitrogens is 3. The van der Waals surface area contributed by atoms with Crippen molar-refractivity contribution in [2.45, 2.75) is 26.2 Å². The fourth-order valence-electron chi connectivity index (χ4n) is 1.47. The third-order valence-corrected chi connectivity index (χ3v) is 3.71. The summed E-state index contributed by atoms with van der Waals surface area (Å²) in [6.07, 6.45) is 0. The topological polar surface area (TPSA) is 70.7 Å². The van der Waals surface area contributed by atoms with Gasteiger partial charge in [-0.2, -0.15) is 0 Å². The Bertz CT molecular complexity index is 648. The Morgan fingerprint density at radius 2 is 2.10 bits per heavy atom. The number of H-pyrrole nitrogens is 1. The smallest absolute Gasteiger partial charge is 0.295 e. The summed E-state index contributed by atoms with van der Waals surface area (Å²) >= 11 is 7.99. The summed E-state index contributed by atoms with van der Waals surface area (Å²) in [5.74, 6) is 0.450. The van der Waals surface area contributed by atoms with E-state index in [-0.39, 0.29) is 17.1 Å². The molecule has 1 aromatic carbocycles. The molecule has 106 valence electrons. The first-order valence-electron chi connectivity index (χ1n) is 5.96. The van der Waals surface area contributed by atoms with E-state index in [0.29, 0.717) is 16.5 Å². The summed E-state index contributed by atoms with van der Waals surface area (Å²) in [6, 6.07) is 5.24. The van der Waals surface area contributed by atoms with Crippen LogP contribution >= 0.6 is 34.2 Å². The van der Waals surface area contributed by atoms with E-state index in [9.17, 15) is 4.79 Å². The lowest BCUT2D eigenvalue weighted by Gasteiger charge is -2.12. The van der Waals surface area contributed by atoms with Crippen molar-refractivity contribution in [1.82, 2.24) is 15.2 Å². The standard InChI is InChI=1S/C13H14ClIN4O/c1-13(2,3)12-17-10(18-19-12)11(20)16-9-5-4-7(14)6-8(9)15/h4-6H,1-3H3,(H,16,20)(H,17,18,19). The van der Waals surface area contributed by atoms with Gasteiger partial charge in [-0.05, 0) is 40.8 Å². The Hall–Kier alpha value is -1.15. The third kappa shape index (κ3) is 3.49. The molecular formula is C13H14ClIN4O. The Morgan fingerprint density at radius 3 is 2.65 bits per heavy atom. The quantitative estimate of drug-likeness (QED) is 0.751. The molecule has 1 aromatic heterocycles. The van der Waals surface area contributed by atoms with Crippen LogP contribution < -0.4 is 5.32 Å². The number of carbonyl (C=O) groups is 1. The Balaban J connectivity index is 2.18. The molecule has 0 aliphatic carbocycles. The van der Waals surface area contributed by atoms with Crippen LogP contribution in [0.2, 0.25) is 5.02 Å². The number of halogens is 2. The summed E-state index contributed by atoms with van der Waals surface area (Å²) in [5.41, 5.74) is 0.502. The van der Waals surface area contributed by atoms with Gasteiger partial charge in [0.15, 0.2) is 0 Å². The normalized spacial score (nSPS) is 11.4. The van der Waals surface area contributed by atoms with Crippen LogP contribution in [0.25, 0.3) is 0 Å². The molecule has 5 nitrogen and oxygen atoms in total. The van der Waals surface area contributed by atoms with Gasteiger partial charge in [0.1, 0.15) is 5.82 Å². The van der Waals surface area contributed by atoms with Gasteiger partial charge in [-0.3, -0.25) is 9.89 Å². The van der Waals surface area contributed by atoms with Gasteiger partial charge in [-0.25, -0.2) is 4.98 Å². The Morgan fingerprint density at radius 1 is 1.40 bits per heavy atom. The molecule has 0 saturated carbocycles. The van der Waals surface area contributed by atoms with Crippen molar-refractivity contribution in [2.75, 3.05) is 5.32 Å². The van der Waals surface area contributed by atoms with E-state index in [1.807, 2.05) is 20.8 Å². The zero-order valence-electron chi connectivity index (χ0n) is 11.3. The first-order chi connectivity index (χ1) is 9.27. The lowest BCUT2D eigenvalue weighted by atomic mass is 9.96. The van der Waals surface area contributed by atoms with E-state index in [1.54, 1.807) is 18.2 Å². The molecule has 2 rings (SSSR count). The highest BCUT2D eigenvalue weighted by Crippen LogP contribution is 2.23. The minimum Gasteiger partial charge on any atom is -0.318 e. The second kappa shape index (κ2) is 5.69. The number of anilines is 1. The average molecular weight is 405 g/mol. The van der Waals surface area contributed by atoms with Crippen molar-refractivity contribution in [2.24, 2.45) is 0 Å². The maximum Gasteiger partial charge on any atom is 0.295 e. The average Bonchev–Trinajstić information content (AvgIpc) is 2.82. The van der Waals surface area contributed by atoms with E-state index < -0.39 is 0 Å². The Kier molecular flexibility index (Phi) is 4.33. The number of amides is 1. The molecule has 0 fully saturated rings. The van der Waals surface area contributed by atoms with Crippen LogP contribution in [0.1, 0.15) is 37.2 Å². The van der Waals surface area contributed by atoms with Crippen molar-refractivity contribution in [3.05, 3.63) is 38.4 Å². The van der Waals surface area contributed by atoms with Crippen molar-refractivity contribution in [3.8, 4) is 0 Å². The molecule has 0 unspecified atom stereocenters. The molecule has 0 spiro atoms. The molecule has 20 heavy (non-hydrogen) atoms. The summed E-state index contributed by atoms with van der Waals surface area (Å²) in [7, 11) is 0. The fourth-order valence-corrected chi connectivity index (χ4v) is 2.47. The van der Waals surface area contributed by atoms with Gasteiger partial charge in [0, 0.05) is 14.0 Å². The van der Waals surface area contributed by atoms with Crippen LogP contribution in [-0.4, -0.2) is 21.1 Å². The largest absolute Gasteiger partial charge is 0.318 e. The van der Waals surface area contributed by atoms with Crippen molar-refractivity contribution in [1.29, 1.82) is 0 Å². The van der Waals surface area contributed by atoms with Crippen LogP contribution in [0.3, 0.4) is 0 Å². The van der Waals surface area contributed by atoms with E-state index in [2.05, 4.69) is 43.1 Å². The summed E-state index contributed by atoms with van der Waals surface area (Å²) in [4.78, 5) is 16.3. The molecule has 0 bridgehead atoms. The molecule has 0 atom stereocenters. The monoisotopic (exact) mass is 404 g/mol. The summed E-state index contributed by atoms with van der Waals surface area (Å²) in [6.45, 7) is 5.99. The van der Waals surface area contributed by atoms with E-state index in [4.69, 9.17) is 11.6 Å². The molecule has 7 heteroatoms. The molecule has 1 heterocycles. The minimum atomic E-state index is -0.350. The SMILES string of the molecule is CC(C)(C)c1nc(C(=O)Nc2ccc(Cl)cc2I)n[nH]1. The number of hydrogen-bond donors (Lipinski definition) is 2. The predicted molar refractivity (Wildman–Crippen MR) is 87.2 cm³/mol. The molecule has 2 aromatic rings. The van der Waals surface area contributed by atoms with Crippen LogP contribution in [0.4, 0.5) is 5.69 Å². The molecule has 0 saturated heterocycles. The number of nitrogens with one attached hydrogen (secondary N) is 2. The number of carbonyl (C=O) groups excluding carboxylic acids is 1. The highest BCUT2D eigenvalue weighted by atomic mass is 127. The predicted octanol–water partition coefficient (Wildman–Crippen LogP) is 3.61. The van der Waals surface area contributed by atoms with Crippen LogP contribution in [0.5, 0.6) is 0 Å². The molecule has 0 aliphatic heterocycles. The van der Waals surface area contributed by atoms with Gasteiger partial charge < -0.3 is 5.32 Å². The van der Waals surface area contributed by atoms with Crippen molar-refractivity contribution in [3.63, 3.8) is 0 Å². The second-order valence-corrected chi connectivity index (χ2v) is 6.93. The third-order valence-electron chi connectivity index (χ3n) is 2.58. The highest BCUT2D eigenvalue weighted by Gasteiger charge is 2.21. The van der Waals surface area contributed by atoms with E-state index in [0.717, 1.165) is 3.57 Å². The zero-order chi connectivity index (χ0) is 14.9. The summed E-state index contributed by atoms with van der Waals surface area (Å²) < 4.78 is 0.857. The lowest BCUT2D eigenvalue weighted by molar-refractivity contribution is 0.101. The molecule has 1 amide bonds. The summed E-state index contributed by atoms with van der Waals surface area (Å²) in [5, 5.41) is 10.1. The maximum atomic E-state index is 12.1. The van der Waals surface area contributed by atoms with E-state index >= 15 is 0 Å². The van der Waals surface area contributed by atoms with Gasteiger partial charge >= 0.3 is 0 Å². The number of rotatable bonds is 2. The van der Waals surface area contributed by atoms with Gasteiger partial charge in [0.25, 0.3) is 5.91 Å².